The Morgan fingerprint density at radius 1 is 1.05 bits per heavy atom. The second-order valence-electron chi connectivity index (χ2n) is 4.08. The first-order valence-corrected chi connectivity index (χ1v) is 6.50. The fourth-order valence-electron chi connectivity index (χ4n) is 1.70. The maximum absolute atomic E-state index is 5.96. The van der Waals surface area contributed by atoms with E-state index in [9.17, 15) is 0 Å². The third kappa shape index (κ3) is 3.72. The van der Waals surface area contributed by atoms with E-state index in [0.29, 0.717) is 10.0 Å². The van der Waals surface area contributed by atoms with Crippen LogP contribution in [0.2, 0.25) is 10.0 Å². The molecular weight excluding hydrogens is 281 g/mol. The van der Waals surface area contributed by atoms with Crippen molar-refractivity contribution in [2.75, 3.05) is 7.11 Å². The predicted molar refractivity (Wildman–Crippen MR) is 80.9 cm³/mol. The standard InChI is InChI=1S/C15H13Cl2NO/c1-10-3-6-15(19-2)14(18-10)5-4-11-7-12(16)9-13(17)8-11/h3-9H,1-2H3. The number of methoxy groups -OCH3 is 1. The summed E-state index contributed by atoms with van der Waals surface area (Å²) in [5.74, 6) is 0.731. The average molecular weight is 294 g/mol. The molecule has 19 heavy (non-hydrogen) atoms. The van der Waals surface area contributed by atoms with E-state index >= 15 is 0 Å². The maximum Gasteiger partial charge on any atom is 0.144 e. The number of hydrogen-bond acceptors (Lipinski definition) is 2. The molecule has 0 unspecified atom stereocenters. The van der Waals surface area contributed by atoms with Gasteiger partial charge in [-0.1, -0.05) is 29.3 Å². The third-order valence-corrected chi connectivity index (χ3v) is 3.00. The Morgan fingerprint density at radius 2 is 1.74 bits per heavy atom. The summed E-state index contributed by atoms with van der Waals surface area (Å²) in [6.07, 6.45) is 3.79. The van der Waals surface area contributed by atoms with E-state index in [1.165, 1.54) is 0 Å². The highest BCUT2D eigenvalue weighted by Crippen LogP contribution is 2.22. The van der Waals surface area contributed by atoms with Crippen molar-refractivity contribution in [3.05, 3.63) is 57.3 Å². The van der Waals surface area contributed by atoms with Gasteiger partial charge in [0.2, 0.25) is 0 Å². The molecular formula is C15H13Cl2NO. The minimum Gasteiger partial charge on any atom is -0.494 e. The van der Waals surface area contributed by atoms with Gasteiger partial charge in [-0.2, -0.15) is 0 Å². The van der Waals surface area contributed by atoms with Crippen molar-refractivity contribution < 1.29 is 4.74 Å². The average Bonchev–Trinajstić information content (AvgIpc) is 2.35. The molecule has 0 bridgehead atoms. The lowest BCUT2D eigenvalue weighted by molar-refractivity contribution is 0.411. The van der Waals surface area contributed by atoms with Crippen LogP contribution in [-0.4, -0.2) is 12.1 Å². The number of rotatable bonds is 3. The molecule has 1 heterocycles. The molecule has 0 atom stereocenters. The summed E-state index contributed by atoms with van der Waals surface area (Å²) in [4.78, 5) is 4.43. The van der Waals surface area contributed by atoms with Crippen LogP contribution in [0, 0.1) is 6.92 Å². The van der Waals surface area contributed by atoms with Crippen molar-refractivity contribution >= 4 is 35.4 Å². The van der Waals surface area contributed by atoms with Gasteiger partial charge in [-0.25, -0.2) is 4.98 Å². The van der Waals surface area contributed by atoms with E-state index in [-0.39, 0.29) is 0 Å². The molecule has 0 saturated carbocycles. The number of ether oxygens (including phenoxy) is 1. The zero-order valence-electron chi connectivity index (χ0n) is 10.7. The molecule has 1 aromatic carbocycles. The van der Waals surface area contributed by atoms with E-state index in [0.717, 1.165) is 22.7 Å². The Labute approximate surface area is 122 Å². The fraction of sp³-hybridized carbons (Fsp3) is 0.133. The number of aryl methyl sites for hydroxylation is 1. The van der Waals surface area contributed by atoms with Gasteiger partial charge in [0.05, 0.1) is 7.11 Å². The lowest BCUT2D eigenvalue weighted by Gasteiger charge is -2.04. The largest absolute Gasteiger partial charge is 0.494 e. The molecule has 0 N–H and O–H groups in total. The van der Waals surface area contributed by atoms with Crippen molar-refractivity contribution in [1.29, 1.82) is 0 Å². The Bertz CT molecular complexity index is 603. The molecule has 0 fully saturated rings. The van der Waals surface area contributed by atoms with Gasteiger partial charge >= 0.3 is 0 Å². The number of aromatic nitrogens is 1. The lowest BCUT2D eigenvalue weighted by atomic mass is 10.2. The van der Waals surface area contributed by atoms with Crippen molar-refractivity contribution in [3.8, 4) is 5.75 Å². The van der Waals surface area contributed by atoms with Gasteiger partial charge in [0, 0.05) is 15.7 Å². The normalized spacial score (nSPS) is 10.9. The quantitative estimate of drug-likeness (QED) is 0.805. The molecule has 1 aromatic heterocycles. The molecule has 2 aromatic rings. The van der Waals surface area contributed by atoms with Gasteiger partial charge in [-0.15, -0.1) is 0 Å². The zero-order chi connectivity index (χ0) is 13.8. The first-order valence-electron chi connectivity index (χ1n) is 5.74. The van der Waals surface area contributed by atoms with Crippen molar-refractivity contribution in [2.45, 2.75) is 6.92 Å². The summed E-state index contributed by atoms with van der Waals surface area (Å²) < 4.78 is 5.27. The minimum absolute atomic E-state index is 0.608. The Morgan fingerprint density at radius 3 is 2.37 bits per heavy atom. The molecule has 2 nitrogen and oxygen atoms in total. The molecule has 0 radical (unpaired) electrons. The van der Waals surface area contributed by atoms with Crippen molar-refractivity contribution in [3.63, 3.8) is 0 Å². The van der Waals surface area contributed by atoms with Crippen LogP contribution in [0.25, 0.3) is 12.2 Å². The van der Waals surface area contributed by atoms with Crippen LogP contribution in [0.3, 0.4) is 0 Å². The van der Waals surface area contributed by atoms with Gasteiger partial charge in [0.1, 0.15) is 11.4 Å². The van der Waals surface area contributed by atoms with E-state index in [1.807, 2.05) is 43.3 Å². The first-order chi connectivity index (χ1) is 9.08. The lowest BCUT2D eigenvalue weighted by Crippen LogP contribution is -1.92. The van der Waals surface area contributed by atoms with Crippen LogP contribution in [0.5, 0.6) is 5.75 Å². The zero-order valence-corrected chi connectivity index (χ0v) is 12.2. The molecule has 0 saturated heterocycles. The molecule has 0 spiro atoms. The molecule has 4 heteroatoms. The molecule has 0 amide bonds. The summed E-state index contributed by atoms with van der Waals surface area (Å²) in [5, 5.41) is 1.22. The van der Waals surface area contributed by atoms with Crippen molar-refractivity contribution in [1.82, 2.24) is 4.98 Å². The van der Waals surface area contributed by atoms with Crippen LogP contribution < -0.4 is 4.74 Å². The van der Waals surface area contributed by atoms with E-state index < -0.39 is 0 Å². The SMILES string of the molecule is COc1ccc(C)nc1C=Cc1cc(Cl)cc(Cl)c1. The van der Waals surface area contributed by atoms with Crippen LogP contribution in [-0.2, 0) is 0 Å². The van der Waals surface area contributed by atoms with Crippen LogP contribution in [0.4, 0.5) is 0 Å². The van der Waals surface area contributed by atoms with Gasteiger partial charge in [0.25, 0.3) is 0 Å². The van der Waals surface area contributed by atoms with Crippen LogP contribution in [0.15, 0.2) is 30.3 Å². The van der Waals surface area contributed by atoms with Gasteiger partial charge < -0.3 is 4.74 Å². The van der Waals surface area contributed by atoms with Crippen molar-refractivity contribution in [2.24, 2.45) is 0 Å². The highest BCUT2D eigenvalue weighted by Gasteiger charge is 2.01. The minimum atomic E-state index is 0.608. The molecule has 0 aliphatic heterocycles. The predicted octanol–water partition coefficient (Wildman–Crippen LogP) is 4.88. The fourth-order valence-corrected chi connectivity index (χ4v) is 2.25. The van der Waals surface area contributed by atoms with Crippen LogP contribution >= 0.6 is 23.2 Å². The second kappa shape index (κ2) is 6.09. The first kappa shape index (κ1) is 13.9. The number of nitrogens with zero attached hydrogens (tertiary/aromatic N) is 1. The smallest absolute Gasteiger partial charge is 0.144 e. The van der Waals surface area contributed by atoms with Crippen LogP contribution in [0.1, 0.15) is 17.0 Å². The number of halogens is 2. The van der Waals surface area contributed by atoms with Gasteiger partial charge in [-0.05, 0) is 48.9 Å². The second-order valence-corrected chi connectivity index (χ2v) is 4.95. The Kier molecular flexibility index (Phi) is 4.46. The summed E-state index contributed by atoms with van der Waals surface area (Å²) in [5.41, 5.74) is 2.63. The summed E-state index contributed by atoms with van der Waals surface area (Å²) in [7, 11) is 1.62. The topological polar surface area (TPSA) is 22.1 Å². The summed E-state index contributed by atoms with van der Waals surface area (Å²) >= 11 is 11.9. The Balaban J connectivity index is 2.34. The van der Waals surface area contributed by atoms with Gasteiger partial charge in [-0.3, -0.25) is 0 Å². The summed E-state index contributed by atoms with van der Waals surface area (Å²) in [6.45, 7) is 1.94. The number of benzene rings is 1. The maximum atomic E-state index is 5.96. The number of pyridine rings is 1. The highest BCUT2D eigenvalue weighted by atomic mass is 35.5. The molecule has 0 aliphatic rings. The Hall–Kier alpha value is -1.51. The van der Waals surface area contributed by atoms with Gasteiger partial charge in [0.15, 0.2) is 0 Å². The van der Waals surface area contributed by atoms with E-state index in [1.54, 1.807) is 13.2 Å². The third-order valence-electron chi connectivity index (χ3n) is 2.56. The summed E-state index contributed by atoms with van der Waals surface area (Å²) in [6, 6.07) is 9.18. The monoisotopic (exact) mass is 293 g/mol. The molecule has 98 valence electrons. The van der Waals surface area contributed by atoms with E-state index in [2.05, 4.69) is 4.98 Å². The highest BCUT2D eigenvalue weighted by molar-refractivity contribution is 6.34. The van der Waals surface area contributed by atoms with E-state index in [4.69, 9.17) is 27.9 Å². The molecule has 2 rings (SSSR count). The number of hydrogen-bond donors (Lipinski definition) is 0. The molecule has 0 aliphatic carbocycles.